The van der Waals surface area contributed by atoms with Crippen LogP contribution in [-0.4, -0.2) is 0 Å². The molecule has 0 saturated heterocycles. The van der Waals surface area contributed by atoms with Gasteiger partial charge in [-0.2, -0.15) is 0 Å². The predicted molar refractivity (Wildman–Crippen MR) is 442 cm³/mol. The van der Waals surface area contributed by atoms with Crippen molar-refractivity contribution < 1.29 is 0 Å². The van der Waals surface area contributed by atoms with Crippen LogP contribution >= 0.6 is 0 Å². The van der Waals surface area contributed by atoms with Gasteiger partial charge >= 0.3 is 0 Å². The minimum absolute atomic E-state index is 0.142. The number of unbranched alkanes of at least 4 members (excludes halogenated alkanes) is 16. The topological polar surface area (TPSA) is 0 Å². The van der Waals surface area contributed by atoms with Gasteiger partial charge in [0, 0.05) is 21.7 Å². The molecule has 0 saturated carbocycles. The van der Waals surface area contributed by atoms with Crippen LogP contribution in [0.25, 0.3) is 44.5 Å². The molecule has 0 heteroatoms. The van der Waals surface area contributed by atoms with Gasteiger partial charge in [0.15, 0.2) is 0 Å². The van der Waals surface area contributed by atoms with Crippen molar-refractivity contribution in [3.8, 4) is 44.5 Å². The van der Waals surface area contributed by atoms with E-state index in [-0.39, 0.29) is 21.7 Å². The van der Waals surface area contributed by atoms with Crippen LogP contribution in [0.15, 0.2) is 146 Å². The van der Waals surface area contributed by atoms with Gasteiger partial charge in [0.05, 0.1) is 0 Å². The summed E-state index contributed by atoms with van der Waals surface area (Å²) in [7, 11) is 0. The molecule has 8 aromatic rings. The Morgan fingerprint density at radius 1 is 0.230 bits per heavy atom. The summed E-state index contributed by atoms with van der Waals surface area (Å²) < 4.78 is 0. The first kappa shape index (κ1) is 77.9. The first-order valence-corrected chi connectivity index (χ1v) is 41.1. The van der Waals surface area contributed by atoms with Gasteiger partial charge < -0.3 is 0 Å². The van der Waals surface area contributed by atoms with Gasteiger partial charge in [-0.1, -0.05) is 401 Å². The molecule has 0 nitrogen and oxygen atoms in total. The molecule has 4 aliphatic rings. The lowest BCUT2D eigenvalue weighted by atomic mass is 9.66. The normalized spacial score (nSPS) is 15.1. The Bertz CT molecular complexity index is 3690. The second-order valence-electron chi connectivity index (χ2n) is 33.4. The minimum Gasteiger partial charge on any atom is -0.0654 e. The van der Waals surface area contributed by atoms with Crippen LogP contribution in [0.5, 0.6) is 0 Å². The second kappa shape index (κ2) is 35.8. The zero-order chi connectivity index (χ0) is 71.8. The highest BCUT2D eigenvalue weighted by atomic mass is 14.5. The van der Waals surface area contributed by atoms with E-state index in [4.69, 9.17) is 0 Å². The van der Waals surface area contributed by atoms with Crippen LogP contribution in [0, 0.1) is 67.2 Å². The van der Waals surface area contributed by atoms with Gasteiger partial charge in [-0.05, 0) is 195 Å². The molecule has 0 fully saturated rings. The van der Waals surface area contributed by atoms with Crippen LogP contribution in [0.4, 0.5) is 0 Å². The van der Waals surface area contributed by atoms with E-state index >= 15 is 0 Å². The molecule has 8 aromatic carbocycles. The SMILES string of the molecule is CCC(C)CC1(CC(C)CC)c2cc(C)ccc2-c2ccc(C)cc21.CCCCCCC1(CCCCCC)c2cc(C)ccc2-c2ccc(C)cc21.CCCCCCCCC1(CCCCCCCC)c2cc(C)ccc2-c2ccc(C)cc21.Cc1ccc2c(c1)C(C)(C)c1cc(C)ccc1-2. The quantitative estimate of drug-likeness (QED) is 0.0394. The van der Waals surface area contributed by atoms with E-state index < -0.39 is 0 Å². The second-order valence-corrected chi connectivity index (χ2v) is 33.4. The van der Waals surface area contributed by atoms with E-state index in [2.05, 4.69) is 270 Å². The molecule has 100 heavy (non-hydrogen) atoms. The largest absolute Gasteiger partial charge is 0.0654 e. The Hall–Kier alpha value is -6.24. The number of hydrogen-bond donors (Lipinski definition) is 0. The van der Waals surface area contributed by atoms with Gasteiger partial charge in [0.25, 0.3) is 0 Å². The summed E-state index contributed by atoms with van der Waals surface area (Å²) in [5, 5.41) is 0. The van der Waals surface area contributed by atoms with Crippen molar-refractivity contribution in [3.05, 3.63) is 235 Å². The Balaban J connectivity index is 0.000000158. The van der Waals surface area contributed by atoms with E-state index in [0.717, 1.165) is 11.8 Å². The molecule has 12 rings (SSSR count). The van der Waals surface area contributed by atoms with Crippen LogP contribution in [0.2, 0.25) is 0 Å². The molecule has 0 radical (unpaired) electrons. The molecule has 536 valence electrons. The summed E-state index contributed by atoms with van der Waals surface area (Å²) in [6.07, 6.45) is 37.7. The summed E-state index contributed by atoms with van der Waals surface area (Å²) in [6.45, 7) is 41.3. The fourth-order valence-electron chi connectivity index (χ4n) is 18.6. The summed E-state index contributed by atoms with van der Waals surface area (Å²) in [4.78, 5) is 0. The third kappa shape index (κ3) is 17.5. The molecule has 2 unspecified atom stereocenters. The Kier molecular flexibility index (Phi) is 27.9. The molecule has 0 amide bonds. The highest BCUT2D eigenvalue weighted by Crippen LogP contribution is 2.59. The van der Waals surface area contributed by atoms with E-state index in [9.17, 15) is 0 Å². The molecule has 0 aliphatic heterocycles. The number of rotatable bonds is 30. The Morgan fingerprint density at radius 3 is 0.630 bits per heavy atom. The fourth-order valence-corrected chi connectivity index (χ4v) is 18.6. The van der Waals surface area contributed by atoms with Gasteiger partial charge in [-0.15, -0.1) is 0 Å². The number of hydrogen-bond acceptors (Lipinski definition) is 0. The van der Waals surface area contributed by atoms with E-state index in [0.29, 0.717) is 0 Å². The third-order valence-electron chi connectivity index (χ3n) is 24.6. The zero-order valence-corrected chi connectivity index (χ0v) is 66.8. The third-order valence-corrected chi connectivity index (χ3v) is 24.6. The van der Waals surface area contributed by atoms with Crippen molar-refractivity contribution in [2.75, 3.05) is 0 Å². The molecule has 2 atom stereocenters. The fraction of sp³-hybridized carbons (Fsp3) is 0.520. The first-order valence-electron chi connectivity index (χ1n) is 41.1. The lowest BCUT2D eigenvalue weighted by Gasteiger charge is -2.37. The average molecular weight is 1340 g/mol. The number of aryl methyl sites for hydroxylation is 8. The van der Waals surface area contributed by atoms with Crippen molar-refractivity contribution in [2.45, 2.75) is 326 Å². The van der Waals surface area contributed by atoms with Crippen LogP contribution < -0.4 is 0 Å². The van der Waals surface area contributed by atoms with Crippen molar-refractivity contribution in [3.63, 3.8) is 0 Å². The highest BCUT2D eigenvalue weighted by Gasteiger charge is 2.46. The highest BCUT2D eigenvalue weighted by molar-refractivity contribution is 5.85. The van der Waals surface area contributed by atoms with Crippen molar-refractivity contribution in [2.24, 2.45) is 11.8 Å². The molecule has 0 bridgehead atoms. The van der Waals surface area contributed by atoms with Crippen molar-refractivity contribution >= 4 is 0 Å². The molecule has 0 N–H and O–H groups in total. The Labute approximate surface area is 613 Å². The van der Waals surface area contributed by atoms with Gasteiger partial charge in [-0.25, -0.2) is 0 Å². The van der Waals surface area contributed by atoms with E-state index in [1.54, 1.807) is 33.4 Å². The summed E-state index contributed by atoms with van der Waals surface area (Å²) in [5.41, 5.74) is 36.4. The lowest BCUT2D eigenvalue weighted by molar-refractivity contribution is 0.308. The van der Waals surface area contributed by atoms with Gasteiger partial charge in [0.2, 0.25) is 0 Å². The molecular weight excluding hydrogens is 1200 g/mol. The lowest BCUT2D eigenvalue weighted by Crippen LogP contribution is -2.30. The maximum atomic E-state index is 2.53. The molecule has 4 aliphatic carbocycles. The number of fused-ring (bicyclic) bond motifs is 12. The van der Waals surface area contributed by atoms with Gasteiger partial charge in [-0.3, -0.25) is 0 Å². The monoisotopic (exact) mass is 1340 g/mol. The van der Waals surface area contributed by atoms with Crippen LogP contribution in [0.3, 0.4) is 0 Å². The molecular formula is C100H136. The summed E-state index contributed by atoms with van der Waals surface area (Å²) in [6, 6.07) is 56.8. The standard InChI is InChI=1S/C31H46.C27H38.C25H34.C17H18/c1-5-7-9-11-13-15-21-31(22-16-14-12-10-8-6-2)29-23-25(3)17-19-27(29)28-20-18-26(4)24-30(28)31;1-5-7-9-11-17-27(18-12-10-8-6-2)25-19-21(3)13-15-23(25)24-16-14-22(4)20-26(24)27;1-7-17(3)15-25(16-18(4)8-2)23-13-19(5)9-11-21(23)22-12-10-20(6)14-24(22)25;1-11-5-7-13-14-8-6-12(2)10-16(14)17(3,4)15(13)9-11/h17-20,23-24H,5-16,21-22H2,1-4H3;13-16,19-20H,5-12,17-18H2,1-4H3;9-14,17-18H,7-8,15-16H2,1-6H3;5-10H,1-4H3. The van der Waals surface area contributed by atoms with E-state index in [1.165, 1.54) is 280 Å². The Morgan fingerprint density at radius 2 is 0.410 bits per heavy atom. The minimum atomic E-state index is 0.142. The van der Waals surface area contributed by atoms with Crippen LogP contribution in [-0.2, 0) is 21.7 Å². The van der Waals surface area contributed by atoms with Crippen molar-refractivity contribution in [1.29, 1.82) is 0 Å². The number of benzene rings is 8. The van der Waals surface area contributed by atoms with Crippen LogP contribution in [0.1, 0.15) is 338 Å². The van der Waals surface area contributed by atoms with Crippen molar-refractivity contribution in [1.82, 2.24) is 0 Å². The predicted octanol–water partition coefficient (Wildman–Crippen LogP) is 30.6. The zero-order valence-electron chi connectivity index (χ0n) is 66.8. The summed E-state index contributed by atoms with van der Waals surface area (Å²) >= 11 is 0. The molecule has 0 heterocycles. The average Bonchev–Trinajstić information content (AvgIpc) is 1.60. The summed E-state index contributed by atoms with van der Waals surface area (Å²) in [5.74, 6) is 1.48. The van der Waals surface area contributed by atoms with Gasteiger partial charge in [0.1, 0.15) is 0 Å². The van der Waals surface area contributed by atoms with E-state index in [1.807, 2.05) is 0 Å². The maximum absolute atomic E-state index is 2.53. The smallest absolute Gasteiger partial charge is 0.0220 e. The molecule has 0 spiro atoms. The molecule has 0 aromatic heterocycles. The first-order chi connectivity index (χ1) is 48.1. The maximum Gasteiger partial charge on any atom is 0.0220 e.